The monoisotopic (exact) mass is 241 g/mol. The van der Waals surface area contributed by atoms with Gasteiger partial charge in [-0.1, -0.05) is 33.6 Å². The third kappa shape index (κ3) is 5.87. The fourth-order valence-corrected chi connectivity index (χ4v) is 2.83. The van der Waals surface area contributed by atoms with Gasteiger partial charge in [0.25, 0.3) is 0 Å². The molecule has 1 saturated carbocycles. The van der Waals surface area contributed by atoms with Crippen LogP contribution >= 0.6 is 0 Å². The number of aliphatic hydroxyl groups is 1. The molecule has 4 atom stereocenters. The molecule has 102 valence electrons. The second-order valence-electron chi connectivity index (χ2n) is 5.95. The van der Waals surface area contributed by atoms with Crippen molar-refractivity contribution in [2.45, 2.75) is 77.9 Å². The second kappa shape index (κ2) is 8.10. The highest BCUT2D eigenvalue weighted by molar-refractivity contribution is 4.76. The summed E-state index contributed by atoms with van der Waals surface area (Å²) in [5, 5.41) is 13.4. The van der Waals surface area contributed by atoms with Crippen molar-refractivity contribution in [3.63, 3.8) is 0 Å². The number of hydrogen-bond donors (Lipinski definition) is 2. The minimum absolute atomic E-state index is 0.0369. The molecule has 1 aliphatic carbocycles. The van der Waals surface area contributed by atoms with Gasteiger partial charge in [0.2, 0.25) is 0 Å². The summed E-state index contributed by atoms with van der Waals surface area (Å²) in [5.41, 5.74) is 0. The predicted molar refractivity (Wildman–Crippen MR) is 74.1 cm³/mol. The summed E-state index contributed by atoms with van der Waals surface area (Å²) in [6, 6.07) is 0.670. The first-order chi connectivity index (χ1) is 8.15. The molecule has 1 fully saturated rings. The summed E-state index contributed by atoms with van der Waals surface area (Å²) >= 11 is 0. The van der Waals surface area contributed by atoms with Gasteiger partial charge in [-0.2, -0.15) is 0 Å². The van der Waals surface area contributed by atoms with Gasteiger partial charge in [-0.05, 0) is 50.5 Å². The Hall–Kier alpha value is -0.0800. The molecule has 4 unspecified atom stereocenters. The van der Waals surface area contributed by atoms with Gasteiger partial charge in [0.1, 0.15) is 0 Å². The average Bonchev–Trinajstić information content (AvgIpc) is 2.34. The van der Waals surface area contributed by atoms with Gasteiger partial charge in [-0.15, -0.1) is 0 Å². The molecule has 2 N–H and O–H groups in total. The molecule has 0 heterocycles. The summed E-state index contributed by atoms with van der Waals surface area (Å²) in [6.45, 7) is 7.99. The van der Waals surface area contributed by atoms with Crippen molar-refractivity contribution < 1.29 is 5.11 Å². The van der Waals surface area contributed by atoms with E-state index in [4.69, 9.17) is 0 Å². The lowest BCUT2D eigenvalue weighted by Gasteiger charge is -2.28. The number of rotatable bonds is 7. The Bertz CT molecular complexity index is 195. The zero-order valence-corrected chi connectivity index (χ0v) is 11.9. The molecule has 1 rings (SSSR count). The molecule has 0 radical (unpaired) electrons. The normalized spacial score (nSPS) is 28.9. The average molecular weight is 241 g/mol. The third-order valence-corrected chi connectivity index (χ3v) is 4.33. The molecule has 0 aromatic rings. The van der Waals surface area contributed by atoms with Crippen LogP contribution in [0.4, 0.5) is 0 Å². The van der Waals surface area contributed by atoms with E-state index in [9.17, 15) is 5.11 Å². The standard InChI is InChI=1S/C15H31NO/c1-4-12(3)9-14(5-2)16-11-13-7-6-8-15(17)10-13/h12-17H,4-11H2,1-3H3. The Labute approximate surface area is 107 Å². The minimum Gasteiger partial charge on any atom is -0.393 e. The van der Waals surface area contributed by atoms with Gasteiger partial charge in [0.05, 0.1) is 6.10 Å². The Kier molecular flexibility index (Phi) is 7.14. The zero-order valence-electron chi connectivity index (χ0n) is 11.9. The van der Waals surface area contributed by atoms with Crippen molar-refractivity contribution in [1.82, 2.24) is 5.32 Å². The molecule has 1 aliphatic rings. The second-order valence-corrected chi connectivity index (χ2v) is 5.95. The Morgan fingerprint density at radius 1 is 1.24 bits per heavy atom. The van der Waals surface area contributed by atoms with Crippen molar-refractivity contribution in [3.05, 3.63) is 0 Å². The van der Waals surface area contributed by atoms with Crippen LogP contribution in [0.3, 0.4) is 0 Å². The largest absolute Gasteiger partial charge is 0.393 e. The smallest absolute Gasteiger partial charge is 0.0543 e. The fraction of sp³-hybridized carbons (Fsp3) is 1.00. The van der Waals surface area contributed by atoms with Crippen molar-refractivity contribution in [2.75, 3.05) is 6.54 Å². The Morgan fingerprint density at radius 2 is 2.00 bits per heavy atom. The highest BCUT2D eigenvalue weighted by Crippen LogP contribution is 2.24. The van der Waals surface area contributed by atoms with E-state index in [1.165, 1.54) is 32.1 Å². The predicted octanol–water partition coefficient (Wildman–Crippen LogP) is 3.34. The van der Waals surface area contributed by atoms with E-state index in [0.29, 0.717) is 12.0 Å². The van der Waals surface area contributed by atoms with E-state index in [0.717, 1.165) is 25.3 Å². The topological polar surface area (TPSA) is 32.3 Å². The number of nitrogens with one attached hydrogen (secondary N) is 1. The van der Waals surface area contributed by atoms with Gasteiger partial charge in [-0.3, -0.25) is 0 Å². The van der Waals surface area contributed by atoms with Gasteiger partial charge < -0.3 is 10.4 Å². The first kappa shape index (κ1) is 15.0. The molecule has 2 nitrogen and oxygen atoms in total. The van der Waals surface area contributed by atoms with E-state index in [-0.39, 0.29) is 6.10 Å². The van der Waals surface area contributed by atoms with Gasteiger partial charge in [-0.25, -0.2) is 0 Å². The summed E-state index contributed by atoms with van der Waals surface area (Å²) in [4.78, 5) is 0. The molecular weight excluding hydrogens is 210 g/mol. The van der Waals surface area contributed by atoms with Crippen molar-refractivity contribution in [3.8, 4) is 0 Å². The van der Waals surface area contributed by atoms with E-state index in [1.807, 2.05) is 0 Å². The van der Waals surface area contributed by atoms with Gasteiger partial charge in [0, 0.05) is 6.04 Å². The maximum Gasteiger partial charge on any atom is 0.0543 e. The van der Waals surface area contributed by atoms with E-state index < -0.39 is 0 Å². The molecule has 0 aliphatic heterocycles. The van der Waals surface area contributed by atoms with E-state index in [2.05, 4.69) is 26.1 Å². The molecule has 0 aromatic heterocycles. The van der Waals surface area contributed by atoms with Gasteiger partial charge >= 0.3 is 0 Å². The van der Waals surface area contributed by atoms with Crippen LogP contribution in [0.5, 0.6) is 0 Å². The lowest BCUT2D eigenvalue weighted by molar-refractivity contribution is 0.0991. The molecular formula is C15H31NO. The van der Waals surface area contributed by atoms with Crippen LogP contribution in [-0.4, -0.2) is 23.8 Å². The molecule has 0 saturated heterocycles. The highest BCUT2D eigenvalue weighted by Gasteiger charge is 2.20. The van der Waals surface area contributed by atoms with Crippen LogP contribution in [0.25, 0.3) is 0 Å². The van der Waals surface area contributed by atoms with Crippen LogP contribution in [0.1, 0.15) is 65.7 Å². The lowest BCUT2D eigenvalue weighted by atomic mass is 9.87. The highest BCUT2D eigenvalue weighted by atomic mass is 16.3. The first-order valence-corrected chi connectivity index (χ1v) is 7.57. The summed E-state index contributed by atoms with van der Waals surface area (Å²) in [5.74, 6) is 1.52. The van der Waals surface area contributed by atoms with E-state index in [1.54, 1.807) is 0 Å². The fourth-order valence-electron chi connectivity index (χ4n) is 2.83. The van der Waals surface area contributed by atoms with Crippen molar-refractivity contribution in [2.24, 2.45) is 11.8 Å². The third-order valence-electron chi connectivity index (χ3n) is 4.33. The van der Waals surface area contributed by atoms with Crippen LogP contribution in [0.2, 0.25) is 0 Å². The van der Waals surface area contributed by atoms with Crippen molar-refractivity contribution in [1.29, 1.82) is 0 Å². The van der Waals surface area contributed by atoms with Crippen LogP contribution in [-0.2, 0) is 0 Å². The summed E-state index contributed by atoms with van der Waals surface area (Å²) in [7, 11) is 0. The number of aliphatic hydroxyl groups excluding tert-OH is 1. The molecule has 2 heteroatoms. The Morgan fingerprint density at radius 3 is 2.59 bits per heavy atom. The lowest BCUT2D eigenvalue weighted by Crippen LogP contribution is -2.36. The molecule has 0 bridgehead atoms. The maximum absolute atomic E-state index is 9.66. The van der Waals surface area contributed by atoms with Crippen LogP contribution in [0.15, 0.2) is 0 Å². The quantitative estimate of drug-likeness (QED) is 0.716. The summed E-state index contributed by atoms with van der Waals surface area (Å²) < 4.78 is 0. The Balaban J connectivity index is 2.22. The summed E-state index contributed by atoms with van der Waals surface area (Å²) in [6.07, 6.45) is 8.28. The van der Waals surface area contributed by atoms with Crippen LogP contribution in [0, 0.1) is 11.8 Å². The first-order valence-electron chi connectivity index (χ1n) is 7.57. The van der Waals surface area contributed by atoms with Crippen LogP contribution < -0.4 is 5.32 Å². The van der Waals surface area contributed by atoms with Crippen molar-refractivity contribution >= 4 is 0 Å². The number of hydrogen-bond acceptors (Lipinski definition) is 2. The molecule has 0 spiro atoms. The molecule has 0 amide bonds. The SMILES string of the molecule is CCC(C)CC(CC)NCC1CCCC(O)C1. The molecule has 17 heavy (non-hydrogen) atoms. The van der Waals surface area contributed by atoms with E-state index >= 15 is 0 Å². The van der Waals surface area contributed by atoms with Gasteiger partial charge in [0.15, 0.2) is 0 Å². The maximum atomic E-state index is 9.66. The zero-order chi connectivity index (χ0) is 12.7. The minimum atomic E-state index is -0.0369. The molecule has 0 aromatic carbocycles.